The summed E-state index contributed by atoms with van der Waals surface area (Å²) in [5.74, 6) is -1.09. The van der Waals surface area contributed by atoms with Gasteiger partial charge in [0.05, 0.1) is 0 Å². The molecule has 2 rings (SSSR count). The molecule has 0 amide bonds. The first kappa shape index (κ1) is 15.9. The first-order chi connectivity index (χ1) is 10.0. The number of piperidine rings is 1. The molecule has 1 fully saturated rings. The van der Waals surface area contributed by atoms with Crippen molar-refractivity contribution in [3.05, 3.63) is 30.1 Å². The molecule has 0 aliphatic carbocycles. The summed E-state index contributed by atoms with van der Waals surface area (Å²) in [7, 11) is -3.77. The van der Waals surface area contributed by atoms with Gasteiger partial charge in [0.25, 0.3) is 10.2 Å². The molecule has 1 aromatic heterocycles. The minimum absolute atomic E-state index is 0.219. The highest BCUT2D eigenvalue weighted by molar-refractivity contribution is 7.87. The van der Waals surface area contributed by atoms with E-state index in [-0.39, 0.29) is 13.1 Å². The molecule has 8 heteroatoms. The van der Waals surface area contributed by atoms with Gasteiger partial charge in [-0.25, -0.2) is 4.72 Å². The van der Waals surface area contributed by atoms with Gasteiger partial charge in [-0.2, -0.15) is 12.7 Å². The van der Waals surface area contributed by atoms with Gasteiger partial charge in [0.1, 0.15) is 6.04 Å². The molecule has 2 heterocycles. The maximum absolute atomic E-state index is 12.2. The lowest BCUT2D eigenvalue weighted by atomic mass is 10.1. The number of carbonyl (C=O) groups is 1. The van der Waals surface area contributed by atoms with Crippen LogP contribution in [0, 0.1) is 0 Å². The number of carboxylic acids is 1. The molecular weight excluding hydrogens is 294 g/mol. The standard InChI is InChI=1S/C13H19N3O4S/c17-13(18)12-5-1-2-9-16(12)21(19,20)15-8-6-11-4-3-7-14-10-11/h3-4,7,10,12,15H,1-2,5-6,8-9H2,(H,17,18). The smallest absolute Gasteiger partial charge is 0.322 e. The average molecular weight is 313 g/mol. The Balaban J connectivity index is 1.95. The molecule has 0 saturated carbocycles. The van der Waals surface area contributed by atoms with Crippen molar-refractivity contribution in [3.8, 4) is 0 Å². The van der Waals surface area contributed by atoms with E-state index in [1.165, 1.54) is 0 Å². The molecule has 0 radical (unpaired) electrons. The molecule has 1 unspecified atom stereocenters. The SMILES string of the molecule is O=C(O)C1CCCCN1S(=O)(=O)NCCc1cccnc1. The van der Waals surface area contributed by atoms with Gasteiger partial charge in [0, 0.05) is 25.5 Å². The molecular formula is C13H19N3O4S. The van der Waals surface area contributed by atoms with Crippen molar-refractivity contribution in [2.45, 2.75) is 31.7 Å². The van der Waals surface area contributed by atoms with Gasteiger partial charge in [-0.05, 0) is 37.3 Å². The highest BCUT2D eigenvalue weighted by Crippen LogP contribution is 2.19. The van der Waals surface area contributed by atoms with Gasteiger partial charge in [-0.15, -0.1) is 0 Å². The average Bonchev–Trinajstić information content (AvgIpc) is 2.48. The molecule has 1 atom stereocenters. The van der Waals surface area contributed by atoms with E-state index in [1.807, 2.05) is 6.07 Å². The number of hydrogen-bond acceptors (Lipinski definition) is 4. The van der Waals surface area contributed by atoms with Crippen molar-refractivity contribution in [1.29, 1.82) is 0 Å². The number of aromatic nitrogens is 1. The Kier molecular flexibility index (Phi) is 5.27. The summed E-state index contributed by atoms with van der Waals surface area (Å²) in [6.45, 7) is 0.468. The Morgan fingerprint density at radius 1 is 1.48 bits per heavy atom. The second-order valence-corrected chi connectivity index (χ2v) is 6.68. The van der Waals surface area contributed by atoms with Crippen LogP contribution in [0.5, 0.6) is 0 Å². The van der Waals surface area contributed by atoms with Crippen LogP contribution in [0.25, 0.3) is 0 Å². The van der Waals surface area contributed by atoms with Gasteiger partial charge in [-0.3, -0.25) is 9.78 Å². The predicted octanol–water partition coefficient (Wildman–Crippen LogP) is 0.398. The number of aliphatic carboxylic acids is 1. The minimum Gasteiger partial charge on any atom is -0.480 e. The fraction of sp³-hybridized carbons (Fsp3) is 0.538. The number of nitrogens with zero attached hydrogens (tertiary/aromatic N) is 2. The minimum atomic E-state index is -3.77. The van der Waals surface area contributed by atoms with E-state index >= 15 is 0 Å². The maximum Gasteiger partial charge on any atom is 0.322 e. The van der Waals surface area contributed by atoms with Crippen molar-refractivity contribution in [2.24, 2.45) is 0 Å². The fourth-order valence-electron chi connectivity index (χ4n) is 2.39. The summed E-state index contributed by atoms with van der Waals surface area (Å²) in [6.07, 6.45) is 5.62. The Morgan fingerprint density at radius 3 is 2.95 bits per heavy atom. The quantitative estimate of drug-likeness (QED) is 0.792. The van der Waals surface area contributed by atoms with Crippen LogP contribution in [0.2, 0.25) is 0 Å². The van der Waals surface area contributed by atoms with Gasteiger partial charge >= 0.3 is 5.97 Å². The van der Waals surface area contributed by atoms with Crippen LogP contribution >= 0.6 is 0 Å². The topological polar surface area (TPSA) is 99.6 Å². The number of pyridine rings is 1. The summed E-state index contributed by atoms with van der Waals surface area (Å²) in [5.41, 5.74) is 0.925. The third-order valence-electron chi connectivity index (χ3n) is 3.47. The second-order valence-electron chi connectivity index (χ2n) is 4.97. The van der Waals surface area contributed by atoms with Crippen molar-refractivity contribution in [1.82, 2.24) is 14.0 Å². The Bertz CT molecular complexity index is 576. The zero-order valence-corrected chi connectivity index (χ0v) is 12.4. The first-order valence-corrected chi connectivity index (χ1v) is 8.33. The van der Waals surface area contributed by atoms with Crippen LogP contribution in [0.3, 0.4) is 0 Å². The molecule has 116 valence electrons. The van der Waals surface area contributed by atoms with Crippen molar-refractivity contribution in [2.75, 3.05) is 13.1 Å². The van der Waals surface area contributed by atoms with Gasteiger partial charge in [0.2, 0.25) is 0 Å². The Labute approximate surface area is 124 Å². The molecule has 0 aromatic carbocycles. The summed E-state index contributed by atoms with van der Waals surface area (Å²) >= 11 is 0. The van der Waals surface area contributed by atoms with Crippen molar-refractivity contribution < 1.29 is 18.3 Å². The van der Waals surface area contributed by atoms with Crippen LogP contribution in [0.4, 0.5) is 0 Å². The summed E-state index contributed by atoms with van der Waals surface area (Å²) in [6, 6.07) is 2.69. The summed E-state index contributed by atoms with van der Waals surface area (Å²) in [5, 5.41) is 9.13. The number of hydrogen-bond donors (Lipinski definition) is 2. The summed E-state index contributed by atoms with van der Waals surface area (Å²) < 4.78 is 28.0. The van der Waals surface area contributed by atoms with Crippen LogP contribution in [0.1, 0.15) is 24.8 Å². The highest BCUT2D eigenvalue weighted by atomic mass is 32.2. The molecule has 2 N–H and O–H groups in total. The highest BCUT2D eigenvalue weighted by Gasteiger charge is 2.36. The number of carboxylic acid groups (broad SMARTS) is 1. The lowest BCUT2D eigenvalue weighted by Gasteiger charge is -2.31. The molecule has 1 aliphatic rings. The largest absolute Gasteiger partial charge is 0.480 e. The molecule has 1 aromatic rings. The van der Waals surface area contributed by atoms with Gasteiger partial charge < -0.3 is 5.11 Å². The van der Waals surface area contributed by atoms with E-state index in [0.717, 1.165) is 16.3 Å². The van der Waals surface area contributed by atoms with E-state index in [4.69, 9.17) is 5.11 Å². The van der Waals surface area contributed by atoms with Gasteiger partial charge in [-0.1, -0.05) is 6.07 Å². The fourth-order valence-corrected chi connectivity index (χ4v) is 3.82. The third kappa shape index (κ3) is 4.23. The first-order valence-electron chi connectivity index (χ1n) is 6.89. The molecule has 7 nitrogen and oxygen atoms in total. The molecule has 1 aliphatic heterocycles. The predicted molar refractivity (Wildman–Crippen MR) is 76.8 cm³/mol. The zero-order chi connectivity index (χ0) is 15.3. The Hall–Kier alpha value is -1.51. The molecule has 21 heavy (non-hydrogen) atoms. The third-order valence-corrected chi connectivity index (χ3v) is 5.09. The molecule has 0 spiro atoms. The van der Waals surface area contributed by atoms with Crippen molar-refractivity contribution >= 4 is 16.2 Å². The Morgan fingerprint density at radius 2 is 2.29 bits per heavy atom. The zero-order valence-electron chi connectivity index (χ0n) is 11.6. The van der Waals surface area contributed by atoms with Crippen LogP contribution in [-0.4, -0.2) is 47.9 Å². The van der Waals surface area contributed by atoms with Crippen LogP contribution in [-0.2, 0) is 21.4 Å². The van der Waals surface area contributed by atoms with E-state index in [2.05, 4.69) is 9.71 Å². The van der Waals surface area contributed by atoms with E-state index < -0.39 is 22.2 Å². The van der Waals surface area contributed by atoms with Crippen LogP contribution < -0.4 is 4.72 Å². The summed E-state index contributed by atoms with van der Waals surface area (Å²) in [4.78, 5) is 15.1. The number of nitrogens with one attached hydrogen (secondary N) is 1. The normalized spacial score (nSPS) is 20.3. The van der Waals surface area contributed by atoms with E-state index in [0.29, 0.717) is 19.3 Å². The van der Waals surface area contributed by atoms with E-state index in [1.54, 1.807) is 18.5 Å². The van der Waals surface area contributed by atoms with Gasteiger partial charge in [0.15, 0.2) is 0 Å². The molecule has 1 saturated heterocycles. The van der Waals surface area contributed by atoms with Crippen LogP contribution in [0.15, 0.2) is 24.5 Å². The second kappa shape index (κ2) is 6.97. The lowest BCUT2D eigenvalue weighted by Crippen LogP contribution is -2.52. The maximum atomic E-state index is 12.2. The lowest BCUT2D eigenvalue weighted by molar-refractivity contribution is -0.142. The van der Waals surface area contributed by atoms with Crippen molar-refractivity contribution in [3.63, 3.8) is 0 Å². The molecule has 0 bridgehead atoms. The van der Waals surface area contributed by atoms with E-state index in [9.17, 15) is 13.2 Å². The monoisotopic (exact) mass is 313 g/mol. The number of rotatable bonds is 6.